The number of hydrogen-bond acceptors (Lipinski definition) is 4. The first-order valence-electron chi connectivity index (χ1n) is 11.5. The summed E-state index contributed by atoms with van der Waals surface area (Å²) >= 11 is 5.99. The molecule has 1 fully saturated rings. The Bertz CT molecular complexity index is 1230. The van der Waals surface area contributed by atoms with E-state index < -0.39 is 35.4 Å². The molecule has 8 heteroatoms. The van der Waals surface area contributed by atoms with Crippen LogP contribution in [0.25, 0.3) is 0 Å². The third kappa shape index (κ3) is 5.68. The van der Waals surface area contributed by atoms with E-state index in [1.54, 1.807) is 54.6 Å². The topological polar surface area (TPSA) is 72.8 Å². The molecule has 0 aromatic heterocycles. The minimum atomic E-state index is -2.95. The number of esters is 1. The maximum Gasteiger partial charge on any atom is 0.346 e. The van der Waals surface area contributed by atoms with Crippen molar-refractivity contribution in [3.63, 3.8) is 0 Å². The lowest BCUT2D eigenvalue weighted by Gasteiger charge is -2.36. The number of carbonyl (C=O) groups excluding carboxylic acids is 1. The maximum absolute atomic E-state index is 16.9. The van der Waals surface area contributed by atoms with Crippen molar-refractivity contribution in [1.29, 1.82) is 0 Å². The summed E-state index contributed by atoms with van der Waals surface area (Å²) in [6, 6.07) is 18.8. The first-order valence-corrected chi connectivity index (χ1v) is 11.9. The molecular weight excluding hydrogens is 490 g/mol. The van der Waals surface area contributed by atoms with Gasteiger partial charge in [0.1, 0.15) is 5.75 Å². The van der Waals surface area contributed by atoms with Gasteiger partial charge in [0.25, 0.3) is 5.67 Å². The van der Waals surface area contributed by atoms with Gasteiger partial charge in [-0.3, -0.25) is 4.79 Å². The standard InChI is InChI=1S/C28H25ClF2O5/c1-17(32)35-25(16-18-7-14-23(30)24(15-18)36-22-5-3-2-4-6-22)28(31,27(33)34)26(19-8-9-19)20-10-12-21(29)13-11-20/h2-7,10-15,19,25-26H,8-9,16H2,1H3,(H,33,34)/t25-,26-,28-/m0/s1. The fourth-order valence-corrected chi connectivity index (χ4v) is 4.61. The Kier molecular flexibility index (Phi) is 7.59. The van der Waals surface area contributed by atoms with Crippen LogP contribution in [0.4, 0.5) is 8.78 Å². The Balaban J connectivity index is 1.71. The van der Waals surface area contributed by atoms with Gasteiger partial charge in [-0.2, -0.15) is 0 Å². The molecule has 1 N–H and O–H groups in total. The number of halogens is 3. The molecule has 0 amide bonds. The summed E-state index contributed by atoms with van der Waals surface area (Å²) < 4.78 is 42.3. The number of rotatable bonds is 10. The van der Waals surface area contributed by atoms with Crippen molar-refractivity contribution in [2.75, 3.05) is 0 Å². The van der Waals surface area contributed by atoms with E-state index in [4.69, 9.17) is 21.1 Å². The van der Waals surface area contributed by atoms with Crippen LogP contribution in [0.5, 0.6) is 11.5 Å². The van der Waals surface area contributed by atoms with Crippen LogP contribution in [0.3, 0.4) is 0 Å². The van der Waals surface area contributed by atoms with Crippen LogP contribution < -0.4 is 4.74 Å². The van der Waals surface area contributed by atoms with Crippen molar-refractivity contribution in [3.05, 3.63) is 94.8 Å². The van der Waals surface area contributed by atoms with E-state index in [1.165, 1.54) is 12.1 Å². The summed E-state index contributed by atoms with van der Waals surface area (Å²) in [5.41, 5.74) is -2.14. The molecule has 0 heterocycles. The van der Waals surface area contributed by atoms with Crippen LogP contribution in [-0.4, -0.2) is 28.8 Å². The average molecular weight is 515 g/mol. The molecule has 0 spiro atoms. The summed E-state index contributed by atoms with van der Waals surface area (Å²) in [7, 11) is 0. The van der Waals surface area contributed by atoms with Gasteiger partial charge in [-0.15, -0.1) is 0 Å². The molecule has 0 bridgehead atoms. The van der Waals surface area contributed by atoms with Crippen LogP contribution >= 0.6 is 11.6 Å². The Labute approximate surface area is 212 Å². The zero-order chi connectivity index (χ0) is 25.9. The first-order chi connectivity index (χ1) is 17.2. The van der Waals surface area contributed by atoms with Gasteiger partial charge in [0.2, 0.25) is 0 Å². The first kappa shape index (κ1) is 25.6. The van der Waals surface area contributed by atoms with Crippen LogP contribution in [0.15, 0.2) is 72.8 Å². The number of carboxylic acids is 1. The summed E-state index contributed by atoms with van der Waals surface area (Å²) in [5.74, 6) is -4.23. The van der Waals surface area contributed by atoms with E-state index >= 15 is 4.39 Å². The normalized spacial score (nSPS) is 16.4. The Hall–Kier alpha value is -3.45. The van der Waals surface area contributed by atoms with E-state index in [0.29, 0.717) is 34.7 Å². The minimum Gasteiger partial charge on any atom is -0.479 e. The van der Waals surface area contributed by atoms with Crippen LogP contribution in [0.1, 0.15) is 36.8 Å². The van der Waals surface area contributed by atoms with Gasteiger partial charge < -0.3 is 14.6 Å². The van der Waals surface area contributed by atoms with Crippen molar-refractivity contribution in [2.45, 2.75) is 43.9 Å². The highest BCUT2D eigenvalue weighted by atomic mass is 35.5. The van der Waals surface area contributed by atoms with E-state index in [9.17, 15) is 19.1 Å². The van der Waals surface area contributed by atoms with E-state index in [1.807, 2.05) is 0 Å². The summed E-state index contributed by atoms with van der Waals surface area (Å²) in [6.45, 7) is 1.10. The predicted octanol–water partition coefficient (Wildman–Crippen LogP) is 6.73. The molecule has 4 rings (SSSR count). The lowest BCUT2D eigenvalue weighted by Crippen LogP contribution is -2.53. The largest absolute Gasteiger partial charge is 0.479 e. The second-order valence-corrected chi connectivity index (χ2v) is 9.36. The number of carbonyl (C=O) groups is 2. The summed E-state index contributed by atoms with van der Waals surface area (Å²) in [4.78, 5) is 24.5. The number of alkyl halides is 1. The van der Waals surface area contributed by atoms with Crippen molar-refractivity contribution in [1.82, 2.24) is 0 Å². The Morgan fingerprint density at radius 3 is 2.33 bits per heavy atom. The third-order valence-electron chi connectivity index (χ3n) is 6.27. The Morgan fingerprint density at radius 1 is 1.08 bits per heavy atom. The van der Waals surface area contributed by atoms with Crippen molar-refractivity contribution in [3.8, 4) is 11.5 Å². The molecule has 3 aromatic carbocycles. The number of carboxylic acid groups (broad SMARTS) is 1. The second kappa shape index (κ2) is 10.7. The smallest absolute Gasteiger partial charge is 0.346 e. The van der Waals surface area contributed by atoms with E-state index in [-0.39, 0.29) is 18.1 Å². The third-order valence-corrected chi connectivity index (χ3v) is 6.52. The summed E-state index contributed by atoms with van der Waals surface area (Å²) in [5, 5.41) is 10.6. The highest BCUT2D eigenvalue weighted by Gasteiger charge is 2.59. The van der Waals surface area contributed by atoms with E-state index in [0.717, 1.165) is 13.0 Å². The SMILES string of the molecule is CC(=O)O[C@@H](Cc1ccc(F)c(Oc2ccccc2)c1)[C@@](F)(C(=O)O)[C@H](c1ccc(Cl)cc1)C1CC1. The molecule has 0 unspecified atom stereocenters. The monoisotopic (exact) mass is 514 g/mol. The summed E-state index contributed by atoms with van der Waals surface area (Å²) in [6.07, 6.45) is -0.691. The number of ether oxygens (including phenoxy) is 2. The molecule has 1 aliphatic carbocycles. The van der Waals surface area contributed by atoms with Gasteiger partial charge in [0, 0.05) is 24.3 Å². The fraction of sp³-hybridized carbons (Fsp3) is 0.286. The van der Waals surface area contributed by atoms with Crippen molar-refractivity contribution in [2.24, 2.45) is 5.92 Å². The minimum absolute atomic E-state index is 0.114. The maximum atomic E-state index is 16.9. The zero-order valence-electron chi connectivity index (χ0n) is 19.5. The van der Waals surface area contributed by atoms with Crippen LogP contribution in [0, 0.1) is 11.7 Å². The molecule has 0 saturated heterocycles. The molecule has 1 saturated carbocycles. The lowest BCUT2D eigenvalue weighted by atomic mass is 9.75. The van der Waals surface area contributed by atoms with Gasteiger partial charge in [0.05, 0.1) is 0 Å². The molecule has 188 valence electrons. The second-order valence-electron chi connectivity index (χ2n) is 8.92. The van der Waals surface area contributed by atoms with E-state index in [2.05, 4.69) is 0 Å². The number of aliphatic carboxylic acids is 1. The molecule has 3 aromatic rings. The Morgan fingerprint density at radius 2 is 1.75 bits per heavy atom. The number of para-hydroxylation sites is 1. The molecule has 5 nitrogen and oxygen atoms in total. The average Bonchev–Trinajstić information content (AvgIpc) is 3.67. The number of benzene rings is 3. The van der Waals surface area contributed by atoms with Crippen molar-refractivity contribution >= 4 is 23.5 Å². The highest BCUT2D eigenvalue weighted by molar-refractivity contribution is 6.30. The number of hydrogen-bond donors (Lipinski definition) is 1. The quantitative estimate of drug-likeness (QED) is 0.304. The highest BCUT2D eigenvalue weighted by Crippen LogP contribution is 2.52. The fourth-order valence-electron chi connectivity index (χ4n) is 4.49. The molecule has 1 aliphatic rings. The predicted molar refractivity (Wildman–Crippen MR) is 131 cm³/mol. The molecule has 3 atom stereocenters. The van der Waals surface area contributed by atoms with Crippen LogP contribution in [0.2, 0.25) is 5.02 Å². The van der Waals surface area contributed by atoms with Gasteiger partial charge >= 0.3 is 11.9 Å². The van der Waals surface area contributed by atoms with Crippen LogP contribution in [-0.2, 0) is 20.7 Å². The molecule has 0 radical (unpaired) electrons. The molecular formula is C28H25ClF2O5. The zero-order valence-corrected chi connectivity index (χ0v) is 20.3. The van der Waals surface area contributed by atoms with Gasteiger partial charge in [0.15, 0.2) is 17.7 Å². The molecule has 36 heavy (non-hydrogen) atoms. The van der Waals surface area contributed by atoms with Gasteiger partial charge in [-0.25, -0.2) is 13.6 Å². The van der Waals surface area contributed by atoms with Crippen molar-refractivity contribution < 1.29 is 33.0 Å². The van der Waals surface area contributed by atoms with Gasteiger partial charge in [-0.05, 0) is 66.3 Å². The molecule has 0 aliphatic heterocycles. The lowest BCUT2D eigenvalue weighted by molar-refractivity contribution is -0.174. The van der Waals surface area contributed by atoms with Gasteiger partial charge in [-0.1, -0.05) is 48.0 Å².